The number of hydrogen-bond donors (Lipinski definition) is 0. The van der Waals surface area contributed by atoms with Crippen molar-refractivity contribution in [2.45, 2.75) is 26.2 Å². The first-order valence-corrected chi connectivity index (χ1v) is 5.39. The van der Waals surface area contributed by atoms with Crippen LogP contribution in [0.5, 0.6) is 0 Å². The molecule has 0 spiro atoms. The molecule has 2 atom stereocenters. The van der Waals surface area contributed by atoms with Crippen LogP contribution in [-0.4, -0.2) is 12.6 Å². The zero-order valence-corrected chi connectivity index (χ0v) is 9.19. The average Bonchev–Trinajstić information content (AvgIpc) is 2.65. The van der Waals surface area contributed by atoms with Crippen LogP contribution < -0.4 is 0 Å². The SMILES string of the molecule is Cc1ccc([C@H](C)[C@H]2COC(=O)C2)cc1. The van der Waals surface area contributed by atoms with Gasteiger partial charge in [0, 0.05) is 5.92 Å². The van der Waals surface area contributed by atoms with E-state index < -0.39 is 0 Å². The Labute approximate surface area is 90.3 Å². The largest absolute Gasteiger partial charge is 0.465 e. The van der Waals surface area contributed by atoms with Crippen LogP contribution in [0.1, 0.15) is 30.4 Å². The molecule has 0 radical (unpaired) electrons. The van der Waals surface area contributed by atoms with Crippen molar-refractivity contribution in [2.24, 2.45) is 5.92 Å². The standard InChI is InChI=1S/C13H16O2/c1-9-3-5-11(6-4-9)10(2)12-7-13(14)15-8-12/h3-6,10,12H,7-8H2,1-2H3/t10-,12+/m0/s1. The van der Waals surface area contributed by atoms with Crippen LogP contribution >= 0.6 is 0 Å². The first kappa shape index (κ1) is 10.2. The molecular weight excluding hydrogens is 188 g/mol. The molecule has 1 saturated heterocycles. The molecular formula is C13H16O2. The summed E-state index contributed by atoms with van der Waals surface area (Å²) in [4.78, 5) is 11.0. The number of rotatable bonds is 2. The number of carbonyl (C=O) groups excluding carboxylic acids is 1. The van der Waals surface area contributed by atoms with Gasteiger partial charge in [-0.25, -0.2) is 0 Å². The Kier molecular flexibility index (Phi) is 2.76. The van der Waals surface area contributed by atoms with Crippen LogP contribution in [0.3, 0.4) is 0 Å². The minimum Gasteiger partial charge on any atom is -0.465 e. The molecule has 0 aromatic heterocycles. The topological polar surface area (TPSA) is 26.3 Å². The lowest BCUT2D eigenvalue weighted by atomic mass is 9.87. The van der Waals surface area contributed by atoms with Crippen LogP contribution in [0.4, 0.5) is 0 Å². The zero-order valence-electron chi connectivity index (χ0n) is 9.19. The Morgan fingerprint density at radius 3 is 2.53 bits per heavy atom. The minimum atomic E-state index is -0.0565. The van der Waals surface area contributed by atoms with Crippen LogP contribution in [0.15, 0.2) is 24.3 Å². The second kappa shape index (κ2) is 4.05. The normalized spacial score (nSPS) is 22.5. The fourth-order valence-electron chi connectivity index (χ4n) is 2.00. The molecule has 0 aliphatic carbocycles. The lowest BCUT2D eigenvalue weighted by Gasteiger charge is -2.16. The van der Waals surface area contributed by atoms with Gasteiger partial charge in [-0.3, -0.25) is 4.79 Å². The highest BCUT2D eigenvalue weighted by atomic mass is 16.5. The number of cyclic esters (lactones) is 1. The summed E-state index contributed by atoms with van der Waals surface area (Å²) in [6.45, 7) is 4.82. The molecule has 15 heavy (non-hydrogen) atoms. The Bertz CT molecular complexity index is 353. The van der Waals surface area contributed by atoms with E-state index in [0.29, 0.717) is 24.9 Å². The molecule has 2 nitrogen and oxygen atoms in total. The molecule has 1 aromatic rings. The summed E-state index contributed by atoms with van der Waals surface area (Å²) in [5.74, 6) is 0.691. The van der Waals surface area contributed by atoms with Crippen LogP contribution in [0, 0.1) is 12.8 Å². The summed E-state index contributed by atoms with van der Waals surface area (Å²) in [6, 6.07) is 8.51. The molecule has 0 saturated carbocycles. The fraction of sp³-hybridized carbons (Fsp3) is 0.462. The summed E-state index contributed by atoms with van der Waals surface area (Å²) in [6.07, 6.45) is 0.565. The van der Waals surface area contributed by atoms with Gasteiger partial charge in [-0.15, -0.1) is 0 Å². The van der Waals surface area contributed by atoms with Crippen molar-refractivity contribution in [3.05, 3.63) is 35.4 Å². The van der Waals surface area contributed by atoms with E-state index in [2.05, 4.69) is 38.1 Å². The third-order valence-corrected chi connectivity index (χ3v) is 3.20. The molecule has 2 rings (SSSR count). The van der Waals surface area contributed by atoms with Crippen molar-refractivity contribution in [1.82, 2.24) is 0 Å². The van der Waals surface area contributed by atoms with Crippen LogP contribution in [-0.2, 0) is 9.53 Å². The Morgan fingerprint density at radius 2 is 2.00 bits per heavy atom. The number of benzene rings is 1. The second-order valence-corrected chi connectivity index (χ2v) is 4.35. The van der Waals surface area contributed by atoms with Gasteiger partial charge in [0.05, 0.1) is 13.0 Å². The van der Waals surface area contributed by atoms with Crippen molar-refractivity contribution < 1.29 is 9.53 Å². The maximum absolute atomic E-state index is 11.0. The van der Waals surface area contributed by atoms with Gasteiger partial charge in [-0.05, 0) is 18.4 Å². The average molecular weight is 204 g/mol. The molecule has 0 N–H and O–H groups in total. The maximum Gasteiger partial charge on any atom is 0.306 e. The van der Waals surface area contributed by atoms with Crippen LogP contribution in [0.25, 0.3) is 0 Å². The number of aryl methyl sites for hydroxylation is 1. The second-order valence-electron chi connectivity index (χ2n) is 4.35. The monoisotopic (exact) mass is 204 g/mol. The van der Waals surface area contributed by atoms with E-state index in [1.807, 2.05) is 0 Å². The van der Waals surface area contributed by atoms with Gasteiger partial charge in [-0.1, -0.05) is 36.8 Å². The van der Waals surface area contributed by atoms with Crippen molar-refractivity contribution in [2.75, 3.05) is 6.61 Å². The number of esters is 1. The number of hydrogen-bond acceptors (Lipinski definition) is 2. The third kappa shape index (κ3) is 2.20. The third-order valence-electron chi connectivity index (χ3n) is 3.20. The molecule has 1 fully saturated rings. The molecule has 0 bridgehead atoms. The molecule has 0 unspecified atom stereocenters. The zero-order chi connectivity index (χ0) is 10.8. The Hall–Kier alpha value is -1.31. The summed E-state index contributed by atoms with van der Waals surface area (Å²) < 4.78 is 4.99. The van der Waals surface area contributed by atoms with Crippen molar-refractivity contribution >= 4 is 5.97 Å². The maximum atomic E-state index is 11.0. The summed E-state index contributed by atoms with van der Waals surface area (Å²) >= 11 is 0. The predicted molar refractivity (Wildman–Crippen MR) is 58.7 cm³/mol. The van der Waals surface area contributed by atoms with Gasteiger partial charge in [0.1, 0.15) is 0 Å². The number of ether oxygens (including phenoxy) is 1. The number of carbonyl (C=O) groups is 1. The first-order chi connectivity index (χ1) is 7.16. The van der Waals surface area contributed by atoms with Gasteiger partial charge >= 0.3 is 5.97 Å². The quantitative estimate of drug-likeness (QED) is 0.692. The highest BCUT2D eigenvalue weighted by Gasteiger charge is 2.29. The van der Waals surface area contributed by atoms with E-state index in [-0.39, 0.29) is 5.97 Å². The molecule has 1 heterocycles. The van der Waals surface area contributed by atoms with Gasteiger partial charge in [0.15, 0.2) is 0 Å². The first-order valence-electron chi connectivity index (χ1n) is 5.39. The molecule has 2 heteroatoms. The van der Waals surface area contributed by atoms with E-state index in [1.54, 1.807) is 0 Å². The lowest BCUT2D eigenvalue weighted by molar-refractivity contribution is -0.137. The Balaban J connectivity index is 2.10. The van der Waals surface area contributed by atoms with Gasteiger partial charge in [0.25, 0.3) is 0 Å². The summed E-state index contributed by atoms with van der Waals surface area (Å²) in [5, 5.41) is 0. The van der Waals surface area contributed by atoms with E-state index in [1.165, 1.54) is 11.1 Å². The van der Waals surface area contributed by atoms with Crippen molar-refractivity contribution in [3.8, 4) is 0 Å². The van der Waals surface area contributed by atoms with Gasteiger partial charge in [-0.2, -0.15) is 0 Å². The smallest absolute Gasteiger partial charge is 0.306 e. The summed E-state index contributed by atoms with van der Waals surface area (Å²) in [7, 11) is 0. The van der Waals surface area contributed by atoms with E-state index in [9.17, 15) is 4.79 Å². The predicted octanol–water partition coefficient (Wildman–Crippen LogP) is 2.66. The van der Waals surface area contributed by atoms with Gasteiger partial charge < -0.3 is 4.74 Å². The fourth-order valence-corrected chi connectivity index (χ4v) is 2.00. The van der Waals surface area contributed by atoms with E-state index >= 15 is 0 Å². The molecule has 1 aliphatic rings. The van der Waals surface area contributed by atoms with Crippen LogP contribution in [0.2, 0.25) is 0 Å². The Morgan fingerprint density at radius 1 is 1.33 bits per heavy atom. The lowest BCUT2D eigenvalue weighted by Crippen LogP contribution is -2.09. The minimum absolute atomic E-state index is 0.0565. The summed E-state index contributed by atoms with van der Waals surface area (Å²) in [5.41, 5.74) is 2.56. The highest BCUT2D eigenvalue weighted by molar-refractivity contribution is 5.71. The van der Waals surface area contributed by atoms with Gasteiger partial charge in [0.2, 0.25) is 0 Å². The molecule has 80 valence electrons. The molecule has 1 aromatic carbocycles. The van der Waals surface area contributed by atoms with E-state index in [0.717, 1.165) is 0 Å². The highest BCUT2D eigenvalue weighted by Crippen LogP contribution is 2.30. The van der Waals surface area contributed by atoms with E-state index in [4.69, 9.17) is 4.74 Å². The molecule has 0 amide bonds. The van der Waals surface area contributed by atoms with Crippen molar-refractivity contribution in [3.63, 3.8) is 0 Å². The van der Waals surface area contributed by atoms with Crippen molar-refractivity contribution in [1.29, 1.82) is 0 Å². The molecule has 1 aliphatic heterocycles.